The van der Waals surface area contributed by atoms with Crippen LogP contribution in [0.1, 0.15) is 31.9 Å². The average molecular weight is 206 g/mol. The lowest BCUT2D eigenvalue weighted by Gasteiger charge is -2.18. The summed E-state index contributed by atoms with van der Waals surface area (Å²) in [7, 11) is 0. The van der Waals surface area contributed by atoms with Crippen LogP contribution in [0, 0.1) is 5.41 Å². The van der Waals surface area contributed by atoms with E-state index < -0.39 is 0 Å². The van der Waals surface area contributed by atoms with E-state index in [9.17, 15) is 0 Å². The van der Waals surface area contributed by atoms with Crippen molar-refractivity contribution in [1.29, 1.82) is 0 Å². The Hall–Kier alpha value is -0.860. The lowest BCUT2D eigenvalue weighted by molar-refractivity contribution is 0.379. The van der Waals surface area contributed by atoms with Crippen molar-refractivity contribution in [2.45, 2.75) is 33.9 Å². The molecule has 0 saturated heterocycles. The summed E-state index contributed by atoms with van der Waals surface area (Å²) in [5, 5.41) is 3.45. The number of nitrogens with one attached hydrogen (secondary N) is 1. The zero-order chi connectivity index (χ0) is 11.3. The molecule has 0 aliphatic heterocycles. The van der Waals surface area contributed by atoms with E-state index in [1.54, 1.807) is 0 Å². The number of nitrogens with two attached hydrogens (primary N) is 1. The van der Waals surface area contributed by atoms with Gasteiger partial charge >= 0.3 is 0 Å². The van der Waals surface area contributed by atoms with Gasteiger partial charge in [-0.25, -0.2) is 0 Å². The third kappa shape index (κ3) is 4.96. The van der Waals surface area contributed by atoms with Crippen LogP contribution in [-0.2, 0) is 13.1 Å². The summed E-state index contributed by atoms with van der Waals surface area (Å²) in [5.74, 6) is 0. The summed E-state index contributed by atoms with van der Waals surface area (Å²) in [6, 6.07) is 8.42. The van der Waals surface area contributed by atoms with E-state index in [1.807, 2.05) is 0 Å². The Kier molecular flexibility index (Phi) is 4.30. The van der Waals surface area contributed by atoms with Gasteiger partial charge in [0.1, 0.15) is 0 Å². The molecule has 0 unspecified atom stereocenters. The van der Waals surface area contributed by atoms with Crippen molar-refractivity contribution in [1.82, 2.24) is 5.32 Å². The first-order chi connectivity index (χ1) is 7.01. The van der Waals surface area contributed by atoms with E-state index in [1.165, 1.54) is 11.1 Å². The molecule has 0 amide bonds. The highest BCUT2D eigenvalue weighted by Crippen LogP contribution is 2.11. The van der Waals surface area contributed by atoms with Gasteiger partial charge in [-0.05, 0) is 16.5 Å². The Morgan fingerprint density at radius 3 is 2.47 bits per heavy atom. The van der Waals surface area contributed by atoms with Gasteiger partial charge in [0.25, 0.3) is 0 Å². The lowest BCUT2D eigenvalue weighted by atomic mass is 9.97. The summed E-state index contributed by atoms with van der Waals surface area (Å²) in [6.07, 6.45) is 0. The second-order valence-electron chi connectivity index (χ2n) is 5.19. The predicted octanol–water partition coefficient (Wildman–Crippen LogP) is 2.28. The van der Waals surface area contributed by atoms with Crippen molar-refractivity contribution >= 4 is 0 Å². The Bertz CT molecular complexity index is 300. The average Bonchev–Trinajstić information content (AvgIpc) is 2.16. The molecule has 15 heavy (non-hydrogen) atoms. The molecule has 0 fully saturated rings. The zero-order valence-electron chi connectivity index (χ0n) is 10.0. The van der Waals surface area contributed by atoms with Gasteiger partial charge in [0.15, 0.2) is 0 Å². The van der Waals surface area contributed by atoms with Gasteiger partial charge < -0.3 is 11.1 Å². The Morgan fingerprint density at radius 2 is 1.87 bits per heavy atom. The zero-order valence-corrected chi connectivity index (χ0v) is 10.0. The fourth-order valence-electron chi connectivity index (χ4n) is 1.45. The molecule has 84 valence electrons. The molecule has 0 spiro atoms. The summed E-state index contributed by atoms with van der Waals surface area (Å²) >= 11 is 0. The van der Waals surface area contributed by atoms with E-state index in [2.05, 4.69) is 50.4 Å². The molecule has 0 aromatic heterocycles. The molecule has 0 aliphatic rings. The van der Waals surface area contributed by atoms with Gasteiger partial charge in [-0.3, -0.25) is 0 Å². The van der Waals surface area contributed by atoms with Gasteiger partial charge in [0, 0.05) is 19.6 Å². The molecule has 2 nitrogen and oxygen atoms in total. The minimum absolute atomic E-state index is 0.339. The van der Waals surface area contributed by atoms with Crippen LogP contribution in [0.2, 0.25) is 0 Å². The molecule has 1 rings (SSSR count). The highest BCUT2D eigenvalue weighted by molar-refractivity contribution is 5.23. The van der Waals surface area contributed by atoms with Crippen LogP contribution in [0.25, 0.3) is 0 Å². The molecule has 0 aliphatic carbocycles. The third-order valence-electron chi connectivity index (χ3n) is 2.21. The van der Waals surface area contributed by atoms with E-state index in [0.717, 1.165) is 13.1 Å². The molecule has 0 radical (unpaired) electrons. The smallest absolute Gasteiger partial charge is 0.0205 e. The van der Waals surface area contributed by atoms with Gasteiger partial charge in [-0.15, -0.1) is 0 Å². The largest absolute Gasteiger partial charge is 0.326 e. The maximum Gasteiger partial charge on any atom is 0.0205 e. The van der Waals surface area contributed by atoms with Crippen molar-refractivity contribution < 1.29 is 0 Å². The van der Waals surface area contributed by atoms with Crippen LogP contribution < -0.4 is 11.1 Å². The van der Waals surface area contributed by atoms with Crippen LogP contribution in [0.3, 0.4) is 0 Å². The number of benzene rings is 1. The number of rotatable bonds is 4. The van der Waals surface area contributed by atoms with Gasteiger partial charge in [0.2, 0.25) is 0 Å². The maximum atomic E-state index is 5.60. The summed E-state index contributed by atoms with van der Waals surface area (Å²) in [5.41, 5.74) is 8.44. The van der Waals surface area contributed by atoms with Crippen molar-refractivity contribution in [3.63, 3.8) is 0 Å². The highest BCUT2D eigenvalue weighted by Gasteiger charge is 2.08. The summed E-state index contributed by atoms with van der Waals surface area (Å²) in [4.78, 5) is 0. The van der Waals surface area contributed by atoms with Crippen LogP contribution in [0.4, 0.5) is 0 Å². The predicted molar refractivity (Wildman–Crippen MR) is 65.5 cm³/mol. The van der Waals surface area contributed by atoms with Crippen LogP contribution in [0.15, 0.2) is 24.3 Å². The Labute approximate surface area is 92.9 Å². The molecule has 1 aromatic carbocycles. The Morgan fingerprint density at radius 1 is 1.20 bits per heavy atom. The lowest BCUT2D eigenvalue weighted by Crippen LogP contribution is -2.26. The minimum atomic E-state index is 0.339. The van der Waals surface area contributed by atoms with Crippen molar-refractivity contribution in [3.05, 3.63) is 35.4 Å². The van der Waals surface area contributed by atoms with Crippen molar-refractivity contribution in [3.8, 4) is 0 Å². The monoisotopic (exact) mass is 206 g/mol. The number of hydrogen-bond donors (Lipinski definition) is 2. The molecular weight excluding hydrogens is 184 g/mol. The van der Waals surface area contributed by atoms with Crippen LogP contribution in [-0.4, -0.2) is 6.54 Å². The molecule has 2 heteroatoms. The molecule has 1 aromatic rings. The highest BCUT2D eigenvalue weighted by atomic mass is 14.9. The SMILES string of the molecule is CC(C)(C)CNCc1cccc(CN)c1. The van der Waals surface area contributed by atoms with Crippen LogP contribution in [0.5, 0.6) is 0 Å². The topological polar surface area (TPSA) is 38.0 Å². The first-order valence-corrected chi connectivity index (χ1v) is 5.50. The van der Waals surface area contributed by atoms with Crippen molar-refractivity contribution in [2.75, 3.05) is 6.54 Å². The molecule has 3 N–H and O–H groups in total. The third-order valence-corrected chi connectivity index (χ3v) is 2.21. The van der Waals surface area contributed by atoms with Crippen LogP contribution >= 0.6 is 0 Å². The maximum absolute atomic E-state index is 5.60. The molecule has 0 heterocycles. The first-order valence-electron chi connectivity index (χ1n) is 5.50. The van der Waals surface area contributed by atoms with E-state index in [4.69, 9.17) is 5.73 Å². The molecule has 0 saturated carbocycles. The quantitative estimate of drug-likeness (QED) is 0.793. The fraction of sp³-hybridized carbons (Fsp3) is 0.538. The van der Waals surface area contributed by atoms with Gasteiger partial charge in [-0.1, -0.05) is 45.0 Å². The van der Waals surface area contributed by atoms with Gasteiger partial charge in [-0.2, -0.15) is 0 Å². The molecular formula is C13H22N2. The Balaban J connectivity index is 2.44. The first kappa shape index (κ1) is 12.2. The van der Waals surface area contributed by atoms with Gasteiger partial charge in [0.05, 0.1) is 0 Å². The fourth-order valence-corrected chi connectivity index (χ4v) is 1.45. The molecule has 0 bridgehead atoms. The summed E-state index contributed by atoms with van der Waals surface area (Å²) in [6.45, 7) is 9.26. The minimum Gasteiger partial charge on any atom is -0.326 e. The van der Waals surface area contributed by atoms with E-state index in [0.29, 0.717) is 12.0 Å². The van der Waals surface area contributed by atoms with E-state index in [-0.39, 0.29) is 0 Å². The second kappa shape index (κ2) is 5.29. The molecule has 0 atom stereocenters. The summed E-state index contributed by atoms with van der Waals surface area (Å²) < 4.78 is 0. The van der Waals surface area contributed by atoms with Crippen molar-refractivity contribution in [2.24, 2.45) is 11.1 Å². The second-order valence-corrected chi connectivity index (χ2v) is 5.19. The normalized spacial score (nSPS) is 11.7. The standard InChI is InChI=1S/C13H22N2/c1-13(2,3)10-15-9-12-6-4-5-11(7-12)8-14/h4-7,15H,8-10,14H2,1-3H3. The van der Waals surface area contributed by atoms with E-state index >= 15 is 0 Å². The number of hydrogen-bond acceptors (Lipinski definition) is 2.